The molecule has 0 amide bonds. The number of nitrogens with zero attached hydrogens (tertiary/aromatic N) is 1. The van der Waals surface area contributed by atoms with Crippen molar-refractivity contribution in [2.75, 3.05) is 33.5 Å². The van der Waals surface area contributed by atoms with Crippen LogP contribution in [-0.2, 0) is 6.54 Å². The fourth-order valence-electron chi connectivity index (χ4n) is 2.81. The molecule has 4 heteroatoms. The summed E-state index contributed by atoms with van der Waals surface area (Å²) in [6, 6.07) is 6.26. The summed E-state index contributed by atoms with van der Waals surface area (Å²) in [7, 11) is 2.03. The molecular weight excluding hydrogens is 228 g/mol. The maximum atomic E-state index is 5.41. The summed E-state index contributed by atoms with van der Waals surface area (Å²) in [6.45, 7) is 4.87. The fourth-order valence-corrected chi connectivity index (χ4v) is 2.81. The molecule has 1 aromatic carbocycles. The molecule has 0 aliphatic carbocycles. The van der Waals surface area contributed by atoms with Crippen LogP contribution in [0, 0.1) is 5.92 Å². The van der Waals surface area contributed by atoms with Crippen LogP contribution in [0.25, 0.3) is 0 Å². The molecular formula is C14H20N2O2. The molecule has 2 aliphatic rings. The van der Waals surface area contributed by atoms with Gasteiger partial charge in [0.1, 0.15) is 0 Å². The largest absolute Gasteiger partial charge is 0.454 e. The Morgan fingerprint density at radius 2 is 2.22 bits per heavy atom. The molecule has 18 heavy (non-hydrogen) atoms. The van der Waals surface area contributed by atoms with E-state index in [1.54, 1.807) is 0 Å². The van der Waals surface area contributed by atoms with E-state index in [0.29, 0.717) is 6.79 Å². The first-order chi connectivity index (χ1) is 8.85. The maximum Gasteiger partial charge on any atom is 0.231 e. The first-order valence-corrected chi connectivity index (χ1v) is 6.60. The molecule has 98 valence electrons. The topological polar surface area (TPSA) is 33.7 Å². The van der Waals surface area contributed by atoms with Crippen LogP contribution in [0.3, 0.4) is 0 Å². The number of benzene rings is 1. The van der Waals surface area contributed by atoms with E-state index in [2.05, 4.69) is 22.3 Å². The van der Waals surface area contributed by atoms with Crippen molar-refractivity contribution in [3.63, 3.8) is 0 Å². The quantitative estimate of drug-likeness (QED) is 0.874. The van der Waals surface area contributed by atoms with Crippen molar-refractivity contribution in [3.8, 4) is 11.5 Å². The lowest BCUT2D eigenvalue weighted by Crippen LogP contribution is -2.24. The summed E-state index contributed by atoms with van der Waals surface area (Å²) in [4.78, 5) is 2.51. The molecule has 0 radical (unpaired) electrons. The number of ether oxygens (including phenoxy) is 2. The molecule has 0 aromatic heterocycles. The number of likely N-dealkylation sites (tertiary alicyclic amines) is 1. The highest BCUT2D eigenvalue weighted by Gasteiger charge is 2.22. The summed E-state index contributed by atoms with van der Waals surface area (Å²) in [5, 5.41) is 3.26. The SMILES string of the molecule is CNCC1CCN(Cc2ccc3c(c2)OCO3)C1. The standard InChI is InChI=1S/C14H20N2O2/c1-15-7-12-4-5-16(9-12)8-11-2-3-13-14(6-11)18-10-17-13/h2-3,6,12,15H,4-5,7-10H2,1H3. The van der Waals surface area contributed by atoms with Crippen LogP contribution in [0.1, 0.15) is 12.0 Å². The minimum atomic E-state index is 0.354. The Kier molecular flexibility index (Phi) is 3.39. The lowest BCUT2D eigenvalue weighted by atomic mass is 10.1. The van der Waals surface area contributed by atoms with E-state index >= 15 is 0 Å². The van der Waals surface area contributed by atoms with Gasteiger partial charge < -0.3 is 14.8 Å². The van der Waals surface area contributed by atoms with Crippen molar-refractivity contribution in [1.82, 2.24) is 10.2 Å². The zero-order chi connectivity index (χ0) is 12.4. The van der Waals surface area contributed by atoms with E-state index in [1.807, 2.05) is 13.1 Å². The monoisotopic (exact) mass is 248 g/mol. The molecule has 2 aliphatic heterocycles. The summed E-state index contributed by atoms with van der Waals surface area (Å²) in [6.07, 6.45) is 1.30. The van der Waals surface area contributed by atoms with Crippen LogP contribution in [-0.4, -0.2) is 38.4 Å². The predicted molar refractivity (Wildman–Crippen MR) is 69.9 cm³/mol. The first kappa shape index (κ1) is 11.8. The summed E-state index contributed by atoms with van der Waals surface area (Å²) in [5.74, 6) is 2.55. The van der Waals surface area contributed by atoms with Gasteiger partial charge in [0.2, 0.25) is 6.79 Å². The number of rotatable bonds is 4. The van der Waals surface area contributed by atoms with Gasteiger partial charge in [-0.1, -0.05) is 6.07 Å². The Bertz CT molecular complexity index is 422. The Morgan fingerprint density at radius 1 is 1.33 bits per heavy atom. The van der Waals surface area contributed by atoms with Crippen molar-refractivity contribution in [3.05, 3.63) is 23.8 Å². The van der Waals surface area contributed by atoms with Gasteiger partial charge in [0.25, 0.3) is 0 Å². The Morgan fingerprint density at radius 3 is 3.11 bits per heavy atom. The average Bonchev–Trinajstić information content (AvgIpc) is 2.98. The molecule has 2 heterocycles. The van der Waals surface area contributed by atoms with Crippen molar-refractivity contribution in [2.45, 2.75) is 13.0 Å². The van der Waals surface area contributed by atoms with Crippen molar-refractivity contribution >= 4 is 0 Å². The van der Waals surface area contributed by atoms with Gasteiger partial charge in [-0.25, -0.2) is 0 Å². The zero-order valence-corrected chi connectivity index (χ0v) is 10.8. The van der Waals surface area contributed by atoms with Crippen LogP contribution in [0.5, 0.6) is 11.5 Å². The summed E-state index contributed by atoms with van der Waals surface area (Å²) >= 11 is 0. The molecule has 3 rings (SSSR count). The van der Waals surface area contributed by atoms with E-state index in [4.69, 9.17) is 9.47 Å². The number of hydrogen-bond donors (Lipinski definition) is 1. The molecule has 1 aromatic rings. The second kappa shape index (κ2) is 5.16. The van der Waals surface area contributed by atoms with Gasteiger partial charge >= 0.3 is 0 Å². The van der Waals surface area contributed by atoms with Crippen LogP contribution in [0.4, 0.5) is 0 Å². The fraction of sp³-hybridized carbons (Fsp3) is 0.571. The van der Waals surface area contributed by atoms with E-state index in [0.717, 1.165) is 30.5 Å². The highest BCUT2D eigenvalue weighted by Crippen LogP contribution is 2.33. The van der Waals surface area contributed by atoms with E-state index in [9.17, 15) is 0 Å². The minimum Gasteiger partial charge on any atom is -0.454 e. The molecule has 0 bridgehead atoms. The van der Waals surface area contributed by atoms with Crippen molar-refractivity contribution < 1.29 is 9.47 Å². The van der Waals surface area contributed by atoms with Crippen LogP contribution in [0.2, 0.25) is 0 Å². The van der Waals surface area contributed by atoms with Gasteiger partial charge in [-0.2, -0.15) is 0 Å². The third-order valence-corrected chi connectivity index (χ3v) is 3.71. The minimum absolute atomic E-state index is 0.354. The Labute approximate surface area is 108 Å². The van der Waals surface area contributed by atoms with Gasteiger partial charge in [0.05, 0.1) is 0 Å². The van der Waals surface area contributed by atoms with Crippen molar-refractivity contribution in [1.29, 1.82) is 0 Å². The summed E-state index contributed by atoms with van der Waals surface area (Å²) < 4.78 is 10.7. The Balaban J connectivity index is 1.60. The molecule has 4 nitrogen and oxygen atoms in total. The lowest BCUT2D eigenvalue weighted by molar-refractivity contribution is 0.174. The second-order valence-electron chi connectivity index (χ2n) is 5.14. The van der Waals surface area contributed by atoms with Gasteiger partial charge in [-0.3, -0.25) is 4.90 Å². The second-order valence-corrected chi connectivity index (χ2v) is 5.14. The predicted octanol–water partition coefficient (Wildman–Crippen LogP) is 1.46. The van der Waals surface area contributed by atoms with E-state index in [1.165, 1.54) is 25.1 Å². The van der Waals surface area contributed by atoms with Gasteiger partial charge in [-0.05, 0) is 50.2 Å². The third kappa shape index (κ3) is 2.44. The average molecular weight is 248 g/mol. The first-order valence-electron chi connectivity index (χ1n) is 6.60. The molecule has 0 spiro atoms. The van der Waals surface area contributed by atoms with Gasteiger partial charge in [0.15, 0.2) is 11.5 Å². The lowest BCUT2D eigenvalue weighted by Gasteiger charge is -2.16. The highest BCUT2D eigenvalue weighted by molar-refractivity contribution is 5.44. The molecule has 1 unspecified atom stereocenters. The number of nitrogens with one attached hydrogen (secondary N) is 1. The Hall–Kier alpha value is -1.26. The van der Waals surface area contributed by atoms with Crippen molar-refractivity contribution in [2.24, 2.45) is 5.92 Å². The molecule has 1 N–H and O–H groups in total. The maximum absolute atomic E-state index is 5.41. The third-order valence-electron chi connectivity index (χ3n) is 3.71. The molecule has 1 atom stereocenters. The van der Waals surface area contributed by atoms with Gasteiger partial charge in [-0.15, -0.1) is 0 Å². The van der Waals surface area contributed by atoms with Gasteiger partial charge in [0, 0.05) is 13.1 Å². The highest BCUT2D eigenvalue weighted by atomic mass is 16.7. The van der Waals surface area contributed by atoms with Crippen LogP contribution in [0.15, 0.2) is 18.2 Å². The number of fused-ring (bicyclic) bond motifs is 1. The number of hydrogen-bond acceptors (Lipinski definition) is 4. The van der Waals surface area contributed by atoms with Crippen LogP contribution < -0.4 is 14.8 Å². The molecule has 1 fully saturated rings. The smallest absolute Gasteiger partial charge is 0.231 e. The van der Waals surface area contributed by atoms with Crippen LogP contribution >= 0.6 is 0 Å². The zero-order valence-electron chi connectivity index (χ0n) is 10.8. The normalized spacial score (nSPS) is 22.6. The van der Waals surface area contributed by atoms with E-state index in [-0.39, 0.29) is 0 Å². The summed E-state index contributed by atoms with van der Waals surface area (Å²) in [5.41, 5.74) is 1.31. The molecule has 0 saturated carbocycles. The van der Waals surface area contributed by atoms with E-state index < -0.39 is 0 Å². The molecule has 1 saturated heterocycles.